The second kappa shape index (κ2) is 11.2. The van der Waals surface area contributed by atoms with Gasteiger partial charge in [-0.15, -0.1) is 12.4 Å². The summed E-state index contributed by atoms with van der Waals surface area (Å²) in [6.45, 7) is 1.49. The van der Waals surface area contributed by atoms with Gasteiger partial charge < -0.3 is 14.4 Å². The number of hydrogen-bond acceptors (Lipinski definition) is 6. The molecular formula is C20H20ClF3N2O4. The molecule has 0 aliphatic rings. The fraction of sp³-hybridized carbons (Fsp3) is 0.250. The molecule has 0 aliphatic heterocycles. The third-order valence-electron chi connectivity index (χ3n) is 3.86. The molecule has 6 nitrogen and oxygen atoms in total. The molecule has 0 spiro atoms. The van der Waals surface area contributed by atoms with Crippen molar-refractivity contribution in [3.05, 3.63) is 70.8 Å². The van der Waals surface area contributed by atoms with Crippen LogP contribution < -0.4 is 0 Å². The minimum atomic E-state index is -4.44. The topological polar surface area (TPSA) is 69.5 Å². The molecule has 0 heterocycles. The number of nitrogens with zero attached hydrogens (tertiary/aromatic N) is 2. The quantitative estimate of drug-likeness (QED) is 0.356. The molecule has 0 aromatic heterocycles. The Balaban J connectivity index is 0.00000450. The maximum atomic E-state index is 12.9. The van der Waals surface area contributed by atoms with Gasteiger partial charge in [-0.1, -0.05) is 46.7 Å². The maximum Gasteiger partial charge on any atom is 0.416 e. The lowest BCUT2D eigenvalue weighted by Gasteiger charge is -2.10. The summed E-state index contributed by atoms with van der Waals surface area (Å²) in [5.74, 6) is -0.692. The minimum Gasteiger partial charge on any atom is -0.464 e. The third-order valence-corrected chi connectivity index (χ3v) is 3.86. The van der Waals surface area contributed by atoms with Crippen molar-refractivity contribution < 1.29 is 32.4 Å². The van der Waals surface area contributed by atoms with Crippen molar-refractivity contribution in [2.24, 2.45) is 10.3 Å². The SMILES string of the molecule is CO/N=C(/C(=O)OC)c1ccccc1CO/N=C(\C)c1cccc(C(F)(F)F)c1.Cl. The predicted octanol–water partition coefficient (Wildman–Crippen LogP) is 4.59. The molecule has 2 rings (SSSR count). The largest absolute Gasteiger partial charge is 0.464 e. The number of oxime groups is 2. The van der Waals surface area contributed by atoms with E-state index in [9.17, 15) is 18.0 Å². The number of benzene rings is 2. The first kappa shape index (κ1) is 25.0. The lowest BCUT2D eigenvalue weighted by atomic mass is 10.0. The molecule has 0 fully saturated rings. The number of esters is 1. The number of methoxy groups -OCH3 is 1. The van der Waals surface area contributed by atoms with E-state index in [4.69, 9.17) is 14.4 Å². The zero-order valence-electron chi connectivity index (χ0n) is 16.4. The fourth-order valence-corrected chi connectivity index (χ4v) is 2.43. The molecular weight excluding hydrogens is 425 g/mol. The summed E-state index contributed by atoms with van der Waals surface area (Å²) < 4.78 is 43.3. The van der Waals surface area contributed by atoms with Crippen LogP contribution >= 0.6 is 12.4 Å². The van der Waals surface area contributed by atoms with Crippen LogP contribution in [0.5, 0.6) is 0 Å². The molecule has 162 valence electrons. The molecule has 0 aliphatic carbocycles. The number of carbonyl (C=O) groups excluding carboxylic acids is 1. The highest BCUT2D eigenvalue weighted by Crippen LogP contribution is 2.29. The van der Waals surface area contributed by atoms with Crippen molar-refractivity contribution in [1.82, 2.24) is 0 Å². The monoisotopic (exact) mass is 444 g/mol. The average Bonchev–Trinajstić information content (AvgIpc) is 2.71. The Bertz CT molecular complexity index is 930. The van der Waals surface area contributed by atoms with Crippen LogP contribution in [0.15, 0.2) is 58.8 Å². The molecule has 2 aromatic carbocycles. The van der Waals surface area contributed by atoms with Crippen LogP contribution in [0.2, 0.25) is 0 Å². The van der Waals surface area contributed by atoms with E-state index in [2.05, 4.69) is 10.3 Å². The Morgan fingerprint density at radius 2 is 1.73 bits per heavy atom. The predicted molar refractivity (Wildman–Crippen MR) is 108 cm³/mol. The average molecular weight is 445 g/mol. The van der Waals surface area contributed by atoms with Gasteiger partial charge in [-0.2, -0.15) is 13.2 Å². The number of halogens is 4. The summed E-state index contributed by atoms with van der Waals surface area (Å²) in [4.78, 5) is 21.9. The van der Waals surface area contributed by atoms with Crippen LogP contribution in [0, 0.1) is 0 Å². The minimum absolute atomic E-state index is 0. The molecule has 0 unspecified atom stereocenters. The summed E-state index contributed by atoms with van der Waals surface area (Å²) in [6.07, 6.45) is -4.44. The van der Waals surface area contributed by atoms with Crippen LogP contribution in [0.4, 0.5) is 13.2 Å². The standard InChI is InChI=1S/C20H19F3N2O4.ClH/c1-13(14-8-6-9-16(11-14)20(21,22)23)24-29-12-15-7-4-5-10-17(15)18(25-28-3)19(26)27-2;/h4-11H,12H2,1-3H3;1H/b24-13+,25-18+;. The first-order valence-corrected chi connectivity index (χ1v) is 8.39. The molecule has 0 bridgehead atoms. The highest BCUT2D eigenvalue weighted by Gasteiger charge is 2.30. The van der Waals surface area contributed by atoms with Gasteiger partial charge in [0.25, 0.3) is 0 Å². The first-order valence-electron chi connectivity index (χ1n) is 8.39. The Hall–Kier alpha value is -3.07. The number of ether oxygens (including phenoxy) is 1. The van der Waals surface area contributed by atoms with E-state index >= 15 is 0 Å². The highest BCUT2D eigenvalue weighted by atomic mass is 35.5. The van der Waals surface area contributed by atoms with Gasteiger partial charge in [0, 0.05) is 11.1 Å². The van der Waals surface area contributed by atoms with E-state index in [-0.39, 0.29) is 36.0 Å². The molecule has 0 amide bonds. The van der Waals surface area contributed by atoms with Crippen LogP contribution in [0.1, 0.15) is 29.2 Å². The van der Waals surface area contributed by atoms with Gasteiger partial charge in [0.05, 0.1) is 18.4 Å². The van der Waals surface area contributed by atoms with E-state index in [0.717, 1.165) is 12.1 Å². The molecule has 2 aromatic rings. The first-order chi connectivity index (χ1) is 13.8. The molecule has 0 N–H and O–H groups in total. The zero-order valence-corrected chi connectivity index (χ0v) is 17.2. The van der Waals surface area contributed by atoms with Gasteiger partial charge in [0.1, 0.15) is 13.7 Å². The van der Waals surface area contributed by atoms with Crippen molar-refractivity contribution >= 4 is 29.8 Å². The molecule has 10 heteroatoms. The Labute approximate surface area is 177 Å². The summed E-state index contributed by atoms with van der Waals surface area (Å²) in [5, 5.41) is 7.58. The van der Waals surface area contributed by atoms with Crippen LogP contribution in [-0.4, -0.2) is 31.6 Å². The van der Waals surface area contributed by atoms with Crippen molar-refractivity contribution in [2.45, 2.75) is 19.7 Å². The third kappa shape index (κ3) is 6.48. The van der Waals surface area contributed by atoms with E-state index < -0.39 is 17.7 Å². The van der Waals surface area contributed by atoms with Gasteiger partial charge in [-0.3, -0.25) is 0 Å². The van der Waals surface area contributed by atoms with Crippen molar-refractivity contribution in [1.29, 1.82) is 0 Å². The highest BCUT2D eigenvalue weighted by molar-refractivity contribution is 6.43. The Kier molecular flexibility index (Phi) is 9.32. The van der Waals surface area contributed by atoms with Gasteiger partial charge in [0.15, 0.2) is 5.71 Å². The van der Waals surface area contributed by atoms with Gasteiger partial charge >= 0.3 is 12.1 Å². The summed E-state index contributed by atoms with van der Waals surface area (Å²) in [7, 11) is 2.51. The molecule has 0 saturated heterocycles. The number of hydrogen-bond donors (Lipinski definition) is 0. The van der Waals surface area contributed by atoms with E-state index in [1.807, 2.05) is 0 Å². The van der Waals surface area contributed by atoms with Crippen molar-refractivity contribution in [3.63, 3.8) is 0 Å². The van der Waals surface area contributed by atoms with E-state index in [0.29, 0.717) is 11.1 Å². The fourth-order valence-electron chi connectivity index (χ4n) is 2.43. The van der Waals surface area contributed by atoms with Crippen LogP contribution in [0.3, 0.4) is 0 Å². The van der Waals surface area contributed by atoms with Crippen molar-refractivity contribution in [3.8, 4) is 0 Å². The lowest BCUT2D eigenvalue weighted by molar-refractivity contribution is -0.137. The molecule has 30 heavy (non-hydrogen) atoms. The van der Waals surface area contributed by atoms with Gasteiger partial charge in [-0.25, -0.2) is 4.79 Å². The van der Waals surface area contributed by atoms with E-state index in [1.165, 1.54) is 33.3 Å². The van der Waals surface area contributed by atoms with Crippen molar-refractivity contribution in [2.75, 3.05) is 14.2 Å². The Morgan fingerprint density at radius 1 is 1.03 bits per heavy atom. The van der Waals surface area contributed by atoms with Crippen LogP contribution in [0.25, 0.3) is 0 Å². The zero-order chi connectivity index (χ0) is 21.4. The summed E-state index contributed by atoms with van der Waals surface area (Å²) in [5.41, 5.74) is 0.722. The normalized spacial score (nSPS) is 12.1. The van der Waals surface area contributed by atoms with E-state index in [1.54, 1.807) is 24.3 Å². The lowest BCUT2D eigenvalue weighted by Crippen LogP contribution is -2.19. The van der Waals surface area contributed by atoms with Gasteiger partial charge in [-0.05, 0) is 24.6 Å². The number of rotatable bonds is 7. The second-order valence-corrected chi connectivity index (χ2v) is 5.80. The second-order valence-electron chi connectivity index (χ2n) is 5.80. The maximum absolute atomic E-state index is 12.9. The van der Waals surface area contributed by atoms with Gasteiger partial charge in [0.2, 0.25) is 0 Å². The summed E-state index contributed by atoms with van der Waals surface area (Å²) >= 11 is 0. The molecule has 0 radical (unpaired) electrons. The van der Waals surface area contributed by atoms with Crippen LogP contribution in [-0.2, 0) is 32.0 Å². The molecule has 0 saturated carbocycles. The Morgan fingerprint density at radius 3 is 2.37 bits per heavy atom. The smallest absolute Gasteiger partial charge is 0.416 e. The number of alkyl halides is 3. The number of carbonyl (C=O) groups is 1. The molecule has 0 atom stereocenters. The summed E-state index contributed by atoms with van der Waals surface area (Å²) in [6, 6.07) is 11.5.